The largest absolute Gasteiger partial charge is 0.396 e. The van der Waals surface area contributed by atoms with Crippen LogP contribution in [0.15, 0.2) is 6.07 Å². The summed E-state index contributed by atoms with van der Waals surface area (Å²) in [7, 11) is 1.93. The molecule has 0 amide bonds. The lowest BCUT2D eigenvalue weighted by Crippen LogP contribution is -2.15. The molecule has 0 fully saturated rings. The van der Waals surface area contributed by atoms with E-state index >= 15 is 0 Å². The first kappa shape index (κ1) is 11.0. The van der Waals surface area contributed by atoms with Gasteiger partial charge < -0.3 is 10.4 Å². The fourth-order valence-electron chi connectivity index (χ4n) is 1.35. The zero-order valence-corrected chi connectivity index (χ0v) is 9.12. The van der Waals surface area contributed by atoms with Gasteiger partial charge in [0.1, 0.15) is 5.82 Å². The van der Waals surface area contributed by atoms with Gasteiger partial charge in [0.05, 0.1) is 0 Å². The summed E-state index contributed by atoms with van der Waals surface area (Å²) in [6.45, 7) is 4.38. The van der Waals surface area contributed by atoms with E-state index < -0.39 is 0 Å². The van der Waals surface area contributed by atoms with Gasteiger partial charge >= 0.3 is 0 Å². The maximum atomic E-state index is 8.68. The molecular weight excluding hydrogens is 178 g/mol. The molecule has 1 rings (SSSR count). The molecule has 0 saturated carbocycles. The Morgan fingerprint density at radius 3 is 2.86 bits per heavy atom. The Bertz CT molecular complexity index is 263. The van der Waals surface area contributed by atoms with Crippen molar-refractivity contribution in [3.05, 3.63) is 11.8 Å². The molecule has 0 saturated heterocycles. The Labute approximate surface area is 84.9 Å². The highest BCUT2D eigenvalue weighted by atomic mass is 16.2. The van der Waals surface area contributed by atoms with E-state index in [4.69, 9.17) is 5.11 Å². The highest BCUT2D eigenvalue weighted by molar-refractivity contribution is 5.36. The Hall–Kier alpha value is -1.03. The van der Waals surface area contributed by atoms with Crippen molar-refractivity contribution in [2.75, 3.05) is 11.9 Å². The number of aryl methyl sites for hydroxylation is 2. The van der Waals surface area contributed by atoms with Crippen molar-refractivity contribution in [1.82, 2.24) is 9.78 Å². The van der Waals surface area contributed by atoms with Crippen LogP contribution < -0.4 is 5.32 Å². The highest BCUT2D eigenvalue weighted by Gasteiger charge is 2.04. The molecule has 0 spiro atoms. The lowest BCUT2D eigenvalue weighted by molar-refractivity contribution is 0.282. The van der Waals surface area contributed by atoms with Gasteiger partial charge in [-0.1, -0.05) is 0 Å². The number of aliphatic hydroxyl groups is 1. The first-order valence-corrected chi connectivity index (χ1v) is 5.01. The minimum atomic E-state index is 0.257. The molecule has 1 aromatic rings. The number of rotatable bonds is 5. The third kappa shape index (κ3) is 3.03. The molecule has 1 unspecified atom stereocenters. The zero-order valence-electron chi connectivity index (χ0n) is 9.12. The van der Waals surface area contributed by atoms with Crippen LogP contribution in [0.5, 0.6) is 0 Å². The van der Waals surface area contributed by atoms with Crippen LogP contribution in [0.4, 0.5) is 5.82 Å². The Morgan fingerprint density at radius 2 is 2.36 bits per heavy atom. The second-order valence-electron chi connectivity index (χ2n) is 3.71. The van der Waals surface area contributed by atoms with Crippen molar-refractivity contribution in [2.24, 2.45) is 7.05 Å². The van der Waals surface area contributed by atoms with Gasteiger partial charge in [0.2, 0.25) is 0 Å². The highest BCUT2D eigenvalue weighted by Crippen LogP contribution is 2.10. The van der Waals surface area contributed by atoms with E-state index in [1.807, 2.05) is 24.7 Å². The molecule has 0 aliphatic rings. The minimum Gasteiger partial charge on any atom is -0.396 e. The van der Waals surface area contributed by atoms with E-state index in [-0.39, 0.29) is 6.61 Å². The van der Waals surface area contributed by atoms with Gasteiger partial charge in [-0.05, 0) is 26.7 Å². The molecule has 0 aliphatic carbocycles. The van der Waals surface area contributed by atoms with Crippen LogP contribution >= 0.6 is 0 Å². The summed E-state index contributed by atoms with van der Waals surface area (Å²) < 4.78 is 1.85. The topological polar surface area (TPSA) is 50.1 Å². The van der Waals surface area contributed by atoms with E-state index in [1.165, 1.54) is 0 Å². The molecule has 0 bridgehead atoms. The van der Waals surface area contributed by atoms with Crippen molar-refractivity contribution in [3.63, 3.8) is 0 Å². The smallest absolute Gasteiger partial charge is 0.148 e. The molecule has 4 nitrogen and oxygen atoms in total. The molecule has 0 aliphatic heterocycles. The SMILES string of the molecule is Cc1cc(NC(C)CCCO)nn1C. The zero-order chi connectivity index (χ0) is 10.6. The van der Waals surface area contributed by atoms with Crippen molar-refractivity contribution >= 4 is 5.82 Å². The second-order valence-corrected chi connectivity index (χ2v) is 3.71. The fraction of sp³-hybridized carbons (Fsp3) is 0.700. The summed E-state index contributed by atoms with van der Waals surface area (Å²) in [5.41, 5.74) is 1.14. The lowest BCUT2D eigenvalue weighted by atomic mass is 10.2. The van der Waals surface area contributed by atoms with E-state index in [0.717, 1.165) is 24.4 Å². The number of nitrogens with zero attached hydrogens (tertiary/aromatic N) is 2. The Kier molecular flexibility index (Phi) is 3.95. The predicted octanol–water partition coefficient (Wildman–Crippen LogP) is 1.30. The first-order valence-electron chi connectivity index (χ1n) is 5.01. The van der Waals surface area contributed by atoms with E-state index in [2.05, 4.69) is 17.3 Å². The molecule has 0 aromatic carbocycles. The summed E-state index contributed by atoms with van der Waals surface area (Å²) >= 11 is 0. The van der Waals surface area contributed by atoms with Crippen molar-refractivity contribution in [2.45, 2.75) is 32.7 Å². The van der Waals surface area contributed by atoms with E-state index in [9.17, 15) is 0 Å². The van der Waals surface area contributed by atoms with Gasteiger partial charge in [-0.15, -0.1) is 0 Å². The standard InChI is InChI=1S/C10H19N3O/c1-8(5-4-6-14)11-10-7-9(2)13(3)12-10/h7-8,14H,4-6H2,1-3H3,(H,11,12). The summed E-state index contributed by atoms with van der Waals surface area (Å²) in [6.07, 6.45) is 1.80. The number of hydrogen-bond donors (Lipinski definition) is 2. The molecule has 2 N–H and O–H groups in total. The number of aromatic nitrogens is 2. The van der Waals surface area contributed by atoms with Gasteiger partial charge in [-0.3, -0.25) is 4.68 Å². The quantitative estimate of drug-likeness (QED) is 0.748. The summed E-state index contributed by atoms with van der Waals surface area (Å²) in [5.74, 6) is 0.912. The van der Waals surface area contributed by atoms with Crippen LogP contribution in [0.2, 0.25) is 0 Å². The predicted molar refractivity (Wildman–Crippen MR) is 57.3 cm³/mol. The van der Waals surface area contributed by atoms with Crippen LogP contribution in [-0.4, -0.2) is 27.5 Å². The number of anilines is 1. The fourth-order valence-corrected chi connectivity index (χ4v) is 1.35. The average Bonchev–Trinajstić information content (AvgIpc) is 2.42. The lowest BCUT2D eigenvalue weighted by Gasteiger charge is -2.11. The molecule has 14 heavy (non-hydrogen) atoms. The van der Waals surface area contributed by atoms with Gasteiger partial charge in [-0.25, -0.2) is 0 Å². The minimum absolute atomic E-state index is 0.257. The molecule has 0 radical (unpaired) electrons. The normalized spacial score (nSPS) is 12.9. The molecule has 4 heteroatoms. The van der Waals surface area contributed by atoms with Crippen LogP contribution in [0, 0.1) is 6.92 Å². The van der Waals surface area contributed by atoms with Crippen LogP contribution in [-0.2, 0) is 7.05 Å². The van der Waals surface area contributed by atoms with Gasteiger partial charge in [0.25, 0.3) is 0 Å². The third-order valence-corrected chi connectivity index (χ3v) is 2.30. The number of nitrogens with one attached hydrogen (secondary N) is 1. The monoisotopic (exact) mass is 197 g/mol. The average molecular weight is 197 g/mol. The van der Waals surface area contributed by atoms with Crippen molar-refractivity contribution < 1.29 is 5.11 Å². The van der Waals surface area contributed by atoms with Crippen LogP contribution in [0.1, 0.15) is 25.5 Å². The van der Waals surface area contributed by atoms with Gasteiger partial charge in [-0.2, -0.15) is 5.10 Å². The Morgan fingerprint density at radius 1 is 1.64 bits per heavy atom. The first-order chi connectivity index (χ1) is 6.63. The maximum Gasteiger partial charge on any atom is 0.148 e. The van der Waals surface area contributed by atoms with Crippen molar-refractivity contribution in [3.8, 4) is 0 Å². The summed E-state index contributed by atoms with van der Waals surface area (Å²) in [6, 6.07) is 2.38. The van der Waals surface area contributed by atoms with E-state index in [0.29, 0.717) is 6.04 Å². The van der Waals surface area contributed by atoms with Gasteiger partial charge in [0, 0.05) is 31.5 Å². The molecular formula is C10H19N3O. The van der Waals surface area contributed by atoms with Gasteiger partial charge in [0.15, 0.2) is 0 Å². The Balaban J connectivity index is 2.43. The molecule has 1 atom stereocenters. The third-order valence-electron chi connectivity index (χ3n) is 2.30. The van der Waals surface area contributed by atoms with Crippen LogP contribution in [0.3, 0.4) is 0 Å². The molecule has 1 aromatic heterocycles. The summed E-state index contributed by atoms with van der Waals surface area (Å²) in [5, 5.41) is 16.3. The number of aliphatic hydroxyl groups excluding tert-OH is 1. The van der Waals surface area contributed by atoms with E-state index in [1.54, 1.807) is 0 Å². The maximum absolute atomic E-state index is 8.68. The second kappa shape index (κ2) is 5.00. The summed E-state index contributed by atoms with van der Waals surface area (Å²) in [4.78, 5) is 0. The number of hydrogen-bond acceptors (Lipinski definition) is 3. The molecule has 1 heterocycles. The van der Waals surface area contributed by atoms with Crippen LogP contribution in [0.25, 0.3) is 0 Å². The molecule has 80 valence electrons. The van der Waals surface area contributed by atoms with Crippen molar-refractivity contribution in [1.29, 1.82) is 0 Å².